The van der Waals surface area contributed by atoms with E-state index in [2.05, 4.69) is 22.8 Å². The molecule has 160 valence electrons. The predicted octanol–water partition coefficient (Wildman–Crippen LogP) is 4.87. The van der Waals surface area contributed by atoms with Crippen molar-refractivity contribution in [3.8, 4) is 11.5 Å². The van der Waals surface area contributed by atoms with Crippen molar-refractivity contribution in [3.63, 3.8) is 0 Å². The lowest BCUT2D eigenvalue weighted by molar-refractivity contribution is 0.00793. The Labute approximate surface area is 179 Å². The number of allylic oxidation sites excluding steroid dienone is 1. The van der Waals surface area contributed by atoms with Crippen LogP contribution in [0.4, 0.5) is 5.69 Å². The van der Waals surface area contributed by atoms with Crippen LogP contribution in [0, 0.1) is 0 Å². The molecule has 1 saturated heterocycles. The maximum atomic E-state index is 12.2. The Morgan fingerprint density at radius 3 is 2.13 bits per heavy atom. The molecule has 2 heterocycles. The second kappa shape index (κ2) is 8.60. The summed E-state index contributed by atoms with van der Waals surface area (Å²) < 4.78 is 11.2. The van der Waals surface area contributed by atoms with Gasteiger partial charge >= 0.3 is 0 Å². The number of hydrogen-bond acceptors (Lipinski definition) is 5. The fraction of sp³-hybridized carbons (Fsp3) is 0.440. The van der Waals surface area contributed by atoms with Crippen molar-refractivity contribution in [1.29, 1.82) is 0 Å². The highest BCUT2D eigenvalue weighted by Gasteiger charge is 2.53. The van der Waals surface area contributed by atoms with Gasteiger partial charge < -0.3 is 19.5 Å². The van der Waals surface area contributed by atoms with Crippen LogP contribution < -0.4 is 14.4 Å². The quantitative estimate of drug-likeness (QED) is 0.739. The van der Waals surface area contributed by atoms with Crippen LogP contribution in [0.25, 0.3) is 0 Å². The summed E-state index contributed by atoms with van der Waals surface area (Å²) in [7, 11) is 0. The second-order valence-corrected chi connectivity index (χ2v) is 7.87. The van der Waals surface area contributed by atoms with Gasteiger partial charge in [0.1, 0.15) is 17.3 Å². The van der Waals surface area contributed by atoms with Gasteiger partial charge in [0.15, 0.2) is 5.72 Å². The molecule has 5 heteroatoms. The summed E-state index contributed by atoms with van der Waals surface area (Å²) >= 11 is 0. The van der Waals surface area contributed by atoms with Crippen LogP contribution >= 0.6 is 0 Å². The number of aliphatic hydroxyl groups is 1. The third kappa shape index (κ3) is 3.52. The van der Waals surface area contributed by atoms with Gasteiger partial charge in [-0.3, -0.25) is 4.90 Å². The largest absolute Gasteiger partial charge is 0.494 e. The third-order valence-electron chi connectivity index (χ3n) is 6.09. The average Bonchev–Trinajstić information content (AvgIpc) is 2.91. The second-order valence-electron chi connectivity index (χ2n) is 7.87. The van der Waals surface area contributed by atoms with Crippen LogP contribution in [-0.2, 0) is 5.72 Å². The van der Waals surface area contributed by atoms with Gasteiger partial charge in [0, 0.05) is 17.8 Å². The van der Waals surface area contributed by atoms with Gasteiger partial charge in [-0.05, 0) is 82.5 Å². The Morgan fingerprint density at radius 2 is 1.53 bits per heavy atom. The molecule has 0 bridgehead atoms. The van der Waals surface area contributed by atoms with Gasteiger partial charge in [0.2, 0.25) is 0 Å². The van der Waals surface area contributed by atoms with E-state index in [1.54, 1.807) is 0 Å². The van der Waals surface area contributed by atoms with Crippen LogP contribution in [0.1, 0.15) is 45.6 Å². The molecule has 1 N–H and O–H groups in total. The van der Waals surface area contributed by atoms with Gasteiger partial charge in [-0.25, -0.2) is 0 Å². The lowest BCUT2D eigenvalue weighted by atomic mass is 9.94. The molecule has 0 radical (unpaired) electrons. The zero-order valence-electron chi connectivity index (χ0n) is 18.2. The number of fused-ring (bicyclic) bond motifs is 1. The van der Waals surface area contributed by atoms with E-state index in [1.165, 1.54) is 6.42 Å². The maximum absolute atomic E-state index is 12.2. The van der Waals surface area contributed by atoms with E-state index >= 15 is 0 Å². The van der Waals surface area contributed by atoms with E-state index in [-0.39, 0.29) is 6.04 Å². The minimum Gasteiger partial charge on any atom is -0.494 e. The molecule has 2 aromatic rings. The van der Waals surface area contributed by atoms with E-state index in [9.17, 15) is 5.11 Å². The molecule has 30 heavy (non-hydrogen) atoms. The highest BCUT2D eigenvalue weighted by Crippen LogP contribution is 2.47. The van der Waals surface area contributed by atoms with Crippen LogP contribution in [0.2, 0.25) is 0 Å². The molecular weight excluding hydrogens is 376 g/mol. The first-order chi connectivity index (χ1) is 14.6. The summed E-state index contributed by atoms with van der Waals surface area (Å²) in [4.78, 5) is 4.44. The molecular formula is C25H32N2O3. The van der Waals surface area contributed by atoms with E-state index in [4.69, 9.17) is 9.47 Å². The Balaban J connectivity index is 1.79. The zero-order valence-corrected chi connectivity index (χ0v) is 18.2. The van der Waals surface area contributed by atoms with Crippen molar-refractivity contribution in [2.24, 2.45) is 0 Å². The fourth-order valence-electron chi connectivity index (χ4n) is 4.60. The Bertz CT molecular complexity index is 878. The van der Waals surface area contributed by atoms with Crippen molar-refractivity contribution in [2.45, 2.75) is 51.8 Å². The minimum atomic E-state index is -1.18. The Kier molecular flexibility index (Phi) is 5.91. The Hall–Kier alpha value is -2.66. The maximum Gasteiger partial charge on any atom is 0.190 e. The van der Waals surface area contributed by atoms with Crippen molar-refractivity contribution >= 4 is 5.69 Å². The van der Waals surface area contributed by atoms with Crippen LogP contribution in [0.3, 0.4) is 0 Å². The van der Waals surface area contributed by atoms with Gasteiger partial charge in [-0.2, -0.15) is 0 Å². The minimum absolute atomic E-state index is 0.0913. The molecule has 0 saturated carbocycles. The van der Waals surface area contributed by atoms with E-state index in [0.717, 1.165) is 48.0 Å². The highest BCUT2D eigenvalue weighted by atomic mass is 16.5. The predicted molar refractivity (Wildman–Crippen MR) is 120 cm³/mol. The van der Waals surface area contributed by atoms with Crippen LogP contribution in [0.5, 0.6) is 11.5 Å². The molecule has 5 nitrogen and oxygen atoms in total. The number of ether oxygens (including phenoxy) is 2. The first-order valence-electron chi connectivity index (χ1n) is 11.0. The number of nitrogens with zero attached hydrogens (tertiary/aromatic N) is 2. The molecule has 2 atom stereocenters. The molecule has 1 fully saturated rings. The van der Waals surface area contributed by atoms with E-state index in [1.807, 2.05) is 62.4 Å². The van der Waals surface area contributed by atoms with Crippen LogP contribution in [-0.4, -0.2) is 35.8 Å². The summed E-state index contributed by atoms with van der Waals surface area (Å²) in [5.74, 6) is 2.74. The molecule has 2 aliphatic heterocycles. The molecule has 0 aromatic heterocycles. The number of anilines is 1. The van der Waals surface area contributed by atoms with E-state index in [0.29, 0.717) is 13.2 Å². The van der Waals surface area contributed by atoms with E-state index < -0.39 is 5.72 Å². The van der Waals surface area contributed by atoms with Crippen LogP contribution in [0.15, 0.2) is 60.4 Å². The number of hydrogen-bond donors (Lipinski definition) is 1. The molecule has 0 amide bonds. The smallest absolute Gasteiger partial charge is 0.190 e. The monoisotopic (exact) mass is 408 g/mol. The van der Waals surface area contributed by atoms with Gasteiger partial charge in [-0.15, -0.1) is 0 Å². The topological polar surface area (TPSA) is 45.2 Å². The lowest BCUT2D eigenvalue weighted by Gasteiger charge is -2.37. The number of benzene rings is 2. The Morgan fingerprint density at radius 1 is 0.933 bits per heavy atom. The molecule has 2 aromatic carbocycles. The van der Waals surface area contributed by atoms with Crippen molar-refractivity contribution < 1.29 is 14.6 Å². The van der Waals surface area contributed by atoms with Gasteiger partial charge in [0.25, 0.3) is 0 Å². The summed E-state index contributed by atoms with van der Waals surface area (Å²) in [5.41, 5.74) is 0.639. The summed E-state index contributed by atoms with van der Waals surface area (Å²) in [5, 5.41) is 12.2. The highest BCUT2D eigenvalue weighted by molar-refractivity contribution is 5.60. The SMILES string of the molecule is CCOc1ccc(N2C3=CCCCCN3[C@H](C)[C@]2(O)c2ccc(OCC)cc2)cc1. The summed E-state index contributed by atoms with van der Waals surface area (Å²) in [6, 6.07) is 15.8. The van der Waals surface area contributed by atoms with Crippen molar-refractivity contribution in [2.75, 3.05) is 24.7 Å². The first-order valence-corrected chi connectivity index (χ1v) is 11.0. The molecule has 2 aliphatic rings. The summed E-state index contributed by atoms with van der Waals surface area (Å²) in [6.07, 6.45) is 5.59. The van der Waals surface area contributed by atoms with Crippen molar-refractivity contribution in [3.05, 3.63) is 66.0 Å². The summed E-state index contributed by atoms with van der Waals surface area (Å²) in [6.45, 7) is 8.27. The molecule has 0 spiro atoms. The fourth-order valence-corrected chi connectivity index (χ4v) is 4.60. The number of rotatable bonds is 6. The standard InChI is InChI=1S/C25H32N2O3/c1-4-29-22-14-10-20(11-15-22)25(28)19(3)26-18-8-6-7-9-24(26)27(25)21-12-16-23(17-13-21)30-5-2/h9-17,19,28H,4-8,18H2,1-3H3/t19-,25+/m1/s1. The molecule has 4 rings (SSSR count). The molecule has 0 aliphatic carbocycles. The van der Waals surface area contributed by atoms with Gasteiger partial charge in [0.05, 0.1) is 19.3 Å². The third-order valence-corrected chi connectivity index (χ3v) is 6.09. The lowest BCUT2D eigenvalue weighted by Crippen LogP contribution is -2.48. The van der Waals surface area contributed by atoms with Gasteiger partial charge in [-0.1, -0.05) is 12.1 Å². The van der Waals surface area contributed by atoms with Crippen molar-refractivity contribution in [1.82, 2.24) is 4.90 Å². The average molecular weight is 409 g/mol. The normalized spacial score (nSPS) is 23.6. The zero-order chi connectivity index (χ0) is 21.1. The first kappa shape index (κ1) is 20.6. The molecule has 0 unspecified atom stereocenters.